The number of thiophene rings is 1. The molecule has 0 fully saturated rings. The van der Waals surface area contributed by atoms with Crippen molar-refractivity contribution in [3.8, 4) is 11.8 Å². The highest BCUT2D eigenvalue weighted by Crippen LogP contribution is 2.31. The fourth-order valence-electron chi connectivity index (χ4n) is 1.52. The van der Waals surface area contributed by atoms with Crippen LogP contribution in [0.15, 0.2) is 18.2 Å². The number of benzene rings is 1. The summed E-state index contributed by atoms with van der Waals surface area (Å²) in [7, 11) is 0. The lowest BCUT2D eigenvalue weighted by Crippen LogP contribution is -2.05. The van der Waals surface area contributed by atoms with Crippen LogP contribution < -0.4 is 4.74 Å². The summed E-state index contributed by atoms with van der Waals surface area (Å²) in [6, 6.07) is 6.90. The van der Waals surface area contributed by atoms with E-state index in [1.165, 1.54) is 6.07 Å². The lowest BCUT2D eigenvalue weighted by molar-refractivity contribution is 0.242. The molecule has 0 unspecified atom stereocenters. The Labute approximate surface area is 96.9 Å². The predicted octanol–water partition coefficient (Wildman–Crippen LogP) is 3.70. The molecular formula is C12H10FNOS. The molecule has 0 aliphatic rings. The Morgan fingerprint density at radius 3 is 2.75 bits per heavy atom. The molecule has 2 aromatic rings. The Balaban J connectivity index is 2.59. The molecule has 0 spiro atoms. The zero-order valence-electron chi connectivity index (χ0n) is 8.95. The van der Waals surface area contributed by atoms with Crippen LogP contribution >= 0.6 is 11.3 Å². The third kappa shape index (κ3) is 2.00. The van der Waals surface area contributed by atoms with E-state index in [0.29, 0.717) is 16.0 Å². The second kappa shape index (κ2) is 4.11. The van der Waals surface area contributed by atoms with Crippen LogP contribution in [0, 0.1) is 16.5 Å². The molecule has 0 radical (unpaired) electrons. The van der Waals surface area contributed by atoms with E-state index in [4.69, 9.17) is 10.00 Å². The Hall–Kier alpha value is -1.60. The number of halogens is 1. The van der Waals surface area contributed by atoms with Gasteiger partial charge in [0.05, 0.1) is 16.4 Å². The Morgan fingerprint density at radius 1 is 1.38 bits per heavy atom. The molecule has 0 aliphatic carbocycles. The first-order valence-electron chi connectivity index (χ1n) is 4.90. The van der Waals surface area contributed by atoms with Crippen LogP contribution in [0.25, 0.3) is 10.1 Å². The summed E-state index contributed by atoms with van der Waals surface area (Å²) < 4.78 is 19.3. The number of hydrogen-bond acceptors (Lipinski definition) is 3. The fraction of sp³-hybridized carbons (Fsp3) is 0.250. The van der Waals surface area contributed by atoms with Gasteiger partial charge in [-0.2, -0.15) is 9.65 Å². The molecule has 1 heterocycles. The molecule has 0 aliphatic heterocycles. The van der Waals surface area contributed by atoms with E-state index in [0.717, 1.165) is 16.7 Å². The van der Waals surface area contributed by atoms with E-state index in [1.54, 1.807) is 12.1 Å². The van der Waals surface area contributed by atoms with Crippen LogP contribution in [0.3, 0.4) is 0 Å². The minimum atomic E-state index is -0.284. The van der Waals surface area contributed by atoms with E-state index < -0.39 is 0 Å². The number of hydrogen-bond donors (Lipinski definition) is 0. The van der Waals surface area contributed by atoms with Gasteiger partial charge in [-0.05, 0) is 32.0 Å². The highest BCUT2D eigenvalue weighted by molar-refractivity contribution is 7.17. The summed E-state index contributed by atoms with van der Waals surface area (Å²) in [5.41, 5.74) is 0.460. The fourth-order valence-corrected chi connectivity index (χ4v) is 2.35. The van der Waals surface area contributed by atoms with Gasteiger partial charge in [0, 0.05) is 5.39 Å². The van der Waals surface area contributed by atoms with Crippen molar-refractivity contribution < 1.29 is 9.13 Å². The van der Waals surface area contributed by atoms with Crippen molar-refractivity contribution in [2.75, 3.05) is 0 Å². The monoisotopic (exact) mass is 235 g/mol. The summed E-state index contributed by atoms with van der Waals surface area (Å²) in [5.74, 6) is 0.608. The predicted molar refractivity (Wildman–Crippen MR) is 62.3 cm³/mol. The molecule has 0 amide bonds. The first-order chi connectivity index (χ1) is 7.60. The summed E-state index contributed by atoms with van der Waals surface area (Å²) in [4.78, 5) is 0. The Morgan fingerprint density at radius 2 is 2.12 bits per heavy atom. The summed E-state index contributed by atoms with van der Waals surface area (Å²) in [6.07, 6.45) is 0.0347. The maximum atomic E-state index is 13.1. The van der Waals surface area contributed by atoms with Gasteiger partial charge in [-0.15, -0.1) is 11.3 Å². The zero-order chi connectivity index (χ0) is 11.7. The van der Waals surface area contributed by atoms with Crippen molar-refractivity contribution in [1.82, 2.24) is 0 Å². The van der Waals surface area contributed by atoms with Crippen LogP contribution in [0.1, 0.15) is 19.4 Å². The van der Waals surface area contributed by atoms with Crippen LogP contribution in [0.5, 0.6) is 5.75 Å². The van der Waals surface area contributed by atoms with Crippen LogP contribution in [0.2, 0.25) is 0 Å². The van der Waals surface area contributed by atoms with Gasteiger partial charge in [-0.1, -0.05) is 0 Å². The molecule has 0 N–H and O–H groups in total. The number of fused-ring (bicyclic) bond motifs is 1. The van der Waals surface area contributed by atoms with Gasteiger partial charge in [0.25, 0.3) is 0 Å². The van der Waals surface area contributed by atoms with Crippen molar-refractivity contribution in [2.24, 2.45) is 0 Å². The molecule has 2 rings (SSSR count). The number of nitriles is 1. The lowest BCUT2D eigenvalue weighted by Gasteiger charge is -2.09. The highest BCUT2D eigenvalue weighted by atomic mass is 32.1. The first kappa shape index (κ1) is 10.9. The Kier molecular flexibility index (Phi) is 2.80. The minimum Gasteiger partial charge on any atom is -0.491 e. The molecule has 4 heteroatoms. The van der Waals surface area contributed by atoms with Crippen LogP contribution in [-0.4, -0.2) is 6.10 Å². The molecule has 0 atom stereocenters. The average molecular weight is 235 g/mol. The van der Waals surface area contributed by atoms with Crippen molar-refractivity contribution in [3.63, 3.8) is 0 Å². The summed E-state index contributed by atoms with van der Waals surface area (Å²) in [5, 5.41) is 9.42. The second-order valence-corrected chi connectivity index (χ2v) is 4.72. The van der Waals surface area contributed by atoms with E-state index in [-0.39, 0.29) is 11.2 Å². The maximum absolute atomic E-state index is 13.1. The average Bonchev–Trinajstić information content (AvgIpc) is 2.56. The topological polar surface area (TPSA) is 33.0 Å². The van der Waals surface area contributed by atoms with E-state index in [9.17, 15) is 4.39 Å². The van der Waals surface area contributed by atoms with Crippen molar-refractivity contribution >= 4 is 21.4 Å². The quantitative estimate of drug-likeness (QED) is 0.795. The van der Waals surface area contributed by atoms with Crippen molar-refractivity contribution in [1.29, 1.82) is 5.26 Å². The van der Waals surface area contributed by atoms with Gasteiger partial charge in [0.1, 0.15) is 11.8 Å². The van der Waals surface area contributed by atoms with Crippen molar-refractivity contribution in [2.45, 2.75) is 20.0 Å². The van der Waals surface area contributed by atoms with Gasteiger partial charge >= 0.3 is 0 Å². The smallest absolute Gasteiger partial charge is 0.177 e. The molecule has 0 saturated heterocycles. The normalized spacial score (nSPS) is 10.7. The van der Waals surface area contributed by atoms with E-state index in [1.807, 2.05) is 13.8 Å². The third-order valence-electron chi connectivity index (χ3n) is 2.05. The maximum Gasteiger partial charge on any atom is 0.177 e. The molecule has 1 aromatic heterocycles. The summed E-state index contributed by atoms with van der Waals surface area (Å²) in [6.45, 7) is 3.81. The van der Waals surface area contributed by atoms with E-state index in [2.05, 4.69) is 6.07 Å². The van der Waals surface area contributed by atoms with Gasteiger partial charge in [-0.25, -0.2) is 0 Å². The van der Waals surface area contributed by atoms with Gasteiger partial charge in [0.15, 0.2) is 5.13 Å². The summed E-state index contributed by atoms with van der Waals surface area (Å²) >= 11 is 0.986. The van der Waals surface area contributed by atoms with Gasteiger partial charge in [0.2, 0.25) is 0 Å². The standard InChI is InChI=1S/C12H10FNOS/c1-7(2)15-10-3-8-5-11(13)16-12(8)9(4-10)6-14/h3-5,7H,1-2H3. The third-order valence-corrected chi connectivity index (χ3v) is 3.02. The number of ether oxygens (including phenoxy) is 1. The first-order valence-corrected chi connectivity index (χ1v) is 5.71. The molecular weight excluding hydrogens is 225 g/mol. The van der Waals surface area contributed by atoms with Gasteiger partial charge < -0.3 is 4.74 Å². The minimum absolute atomic E-state index is 0.0347. The molecule has 82 valence electrons. The van der Waals surface area contributed by atoms with Crippen molar-refractivity contribution in [3.05, 3.63) is 28.9 Å². The zero-order valence-corrected chi connectivity index (χ0v) is 9.77. The number of rotatable bonds is 2. The van der Waals surface area contributed by atoms with Gasteiger partial charge in [-0.3, -0.25) is 0 Å². The highest BCUT2D eigenvalue weighted by Gasteiger charge is 2.09. The molecule has 0 saturated carbocycles. The molecule has 2 nitrogen and oxygen atoms in total. The molecule has 16 heavy (non-hydrogen) atoms. The van der Waals surface area contributed by atoms with Crippen LogP contribution in [0.4, 0.5) is 4.39 Å². The number of nitrogens with zero attached hydrogens (tertiary/aromatic N) is 1. The van der Waals surface area contributed by atoms with E-state index >= 15 is 0 Å². The molecule has 1 aromatic carbocycles. The molecule has 0 bridgehead atoms. The Bertz CT molecular complexity index is 568. The largest absolute Gasteiger partial charge is 0.491 e. The lowest BCUT2D eigenvalue weighted by atomic mass is 10.1. The second-order valence-electron chi connectivity index (χ2n) is 3.72. The van der Waals surface area contributed by atoms with Crippen LogP contribution in [-0.2, 0) is 0 Å². The SMILES string of the molecule is CC(C)Oc1cc(C#N)c2sc(F)cc2c1.